The molecule has 1 N–H and O–H groups in total. The summed E-state index contributed by atoms with van der Waals surface area (Å²) in [4.78, 5) is 18.9. The molecule has 6 heteroatoms. The number of carbonyl (C=O) groups excluding carboxylic acids is 1. The maximum absolute atomic E-state index is 13.6. The van der Waals surface area contributed by atoms with Gasteiger partial charge in [0.15, 0.2) is 11.6 Å². The van der Waals surface area contributed by atoms with E-state index in [1.54, 1.807) is 7.11 Å². The number of H-pyrrole nitrogens is 1. The number of benzene rings is 2. The minimum absolute atomic E-state index is 0.0988. The fourth-order valence-electron chi connectivity index (χ4n) is 5.28. The Balaban J connectivity index is 1.37. The summed E-state index contributed by atoms with van der Waals surface area (Å²) in [6.45, 7) is 3.93. The molecule has 3 aromatic rings. The zero-order chi connectivity index (χ0) is 24.4. The number of likely N-dealkylation sites (tertiary alicyclic amines) is 1. The summed E-state index contributed by atoms with van der Waals surface area (Å²) in [5, 5.41) is 8.61. The molecule has 0 unspecified atom stereocenters. The second-order valence-corrected chi connectivity index (χ2v) is 9.77. The van der Waals surface area contributed by atoms with Gasteiger partial charge in [-0.1, -0.05) is 30.5 Å². The van der Waals surface area contributed by atoms with Crippen LogP contribution in [-0.4, -0.2) is 46.2 Å². The van der Waals surface area contributed by atoms with Crippen molar-refractivity contribution in [1.82, 2.24) is 20.1 Å². The van der Waals surface area contributed by atoms with Gasteiger partial charge < -0.3 is 14.6 Å². The number of nitrogens with one attached hydrogen (secondary N) is 1. The fraction of sp³-hybridized carbons (Fsp3) is 0.414. The number of hydrogen-bond donors (Lipinski definition) is 1. The Morgan fingerprint density at radius 2 is 1.86 bits per heavy atom. The molecule has 35 heavy (non-hydrogen) atoms. The Labute approximate surface area is 207 Å². The van der Waals surface area contributed by atoms with E-state index in [-0.39, 0.29) is 5.91 Å². The van der Waals surface area contributed by atoms with Crippen LogP contribution in [-0.2, 0) is 11.3 Å². The van der Waals surface area contributed by atoms with Crippen molar-refractivity contribution >= 4 is 5.91 Å². The lowest BCUT2D eigenvalue weighted by molar-refractivity contribution is 0.0712. The van der Waals surface area contributed by atoms with E-state index in [2.05, 4.69) is 46.2 Å². The van der Waals surface area contributed by atoms with Crippen molar-refractivity contribution in [3.05, 3.63) is 70.0 Å². The van der Waals surface area contributed by atoms with Crippen molar-refractivity contribution in [3.8, 4) is 23.7 Å². The van der Waals surface area contributed by atoms with Gasteiger partial charge >= 0.3 is 0 Å². The number of hydrogen-bond acceptors (Lipinski definition) is 4. The lowest BCUT2D eigenvalue weighted by Crippen LogP contribution is -2.38. The quantitative estimate of drug-likeness (QED) is 0.505. The van der Waals surface area contributed by atoms with Crippen LogP contribution in [0.1, 0.15) is 82.4 Å². The van der Waals surface area contributed by atoms with Gasteiger partial charge in [-0.3, -0.25) is 4.79 Å². The zero-order valence-electron chi connectivity index (χ0n) is 20.5. The smallest absolute Gasteiger partial charge is 0.254 e. The molecule has 0 bridgehead atoms. The van der Waals surface area contributed by atoms with Crippen LogP contribution in [0.5, 0.6) is 0 Å². The molecule has 1 amide bonds. The predicted octanol–water partition coefficient (Wildman–Crippen LogP) is 5.20. The molecule has 2 fully saturated rings. The summed E-state index contributed by atoms with van der Waals surface area (Å²) < 4.78 is 5.20. The first-order valence-corrected chi connectivity index (χ1v) is 12.5. The number of rotatable bonds is 6. The number of methoxy groups -OCH3 is 1. The van der Waals surface area contributed by atoms with Crippen molar-refractivity contribution in [2.45, 2.75) is 57.5 Å². The second-order valence-electron chi connectivity index (χ2n) is 9.77. The summed E-state index contributed by atoms with van der Waals surface area (Å²) >= 11 is 0. The van der Waals surface area contributed by atoms with Crippen LogP contribution in [0.4, 0.5) is 0 Å². The number of aryl methyl sites for hydroxylation is 1. The van der Waals surface area contributed by atoms with E-state index >= 15 is 0 Å². The Kier molecular flexibility index (Phi) is 6.70. The van der Waals surface area contributed by atoms with E-state index in [0.29, 0.717) is 30.1 Å². The third-order valence-electron chi connectivity index (χ3n) is 7.57. The molecule has 1 saturated heterocycles. The molecular weight excluding hydrogens is 436 g/mol. The third-order valence-corrected chi connectivity index (χ3v) is 7.57. The summed E-state index contributed by atoms with van der Waals surface area (Å²) in [5.74, 6) is 5.14. The van der Waals surface area contributed by atoms with E-state index in [0.717, 1.165) is 48.2 Å². The molecule has 180 valence electrons. The molecule has 0 atom stereocenters. The number of aromatic amines is 1. The van der Waals surface area contributed by atoms with Crippen LogP contribution in [0.2, 0.25) is 0 Å². The first kappa shape index (κ1) is 23.3. The predicted molar refractivity (Wildman–Crippen MR) is 136 cm³/mol. The van der Waals surface area contributed by atoms with Gasteiger partial charge in [-0.2, -0.15) is 0 Å². The van der Waals surface area contributed by atoms with Gasteiger partial charge in [-0.25, -0.2) is 0 Å². The lowest BCUT2D eigenvalue weighted by Gasteiger charge is -2.33. The number of terminal acetylenes is 1. The highest BCUT2D eigenvalue weighted by atomic mass is 16.5. The number of nitrogens with zero attached hydrogens (tertiary/aromatic N) is 3. The number of ether oxygens (including phenoxy) is 1. The van der Waals surface area contributed by atoms with Crippen molar-refractivity contribution < 1.29 is 9.53 Å². The van der Waals surface area contributed by atoms with E-state index in [1.807, 2.05) is 23.1 Å². The molecule has 0 radical (unpaired) electrons. The Morgan fingerprint density at radius 3 is 2.49 bits per heavy atom. The zero-order valence-corrected chi connectivity index (χ0v) is 20.5. The average Bonchev–Trinajstić information content (AvgIpc) is 3.31. The maximum atomic E-state index is 13.6. The molecule has 1 aliphatic carbocycles. The van der Waals surface area contributed by atoms with Crippen LogP contribution in [0.15, 0.2) is 36.4 Å². The first-order chi connectivity index (χ1) is 17.1. The average molecular weight is 469 g/mol. The van der Waals surface area contributed by atoms with Crippen LogP contribution in [0, 0.1) is 19.3 Å². The van der Waals surface area contributed by atoms with Crippen molar-refractivity contribution in [2.75, 3.05) is 20.2 Å². The van der Waals surface area contributed by atoms with Gasteiger partial charge in [0.2, 0.25) is 0 Å². The number of piperidine rings is 1. The molecule has 2 aliphatic rings. The molecule has 2 heterocycles. The molecule has 2 aromatic carbocycles. The summed E-state index contributed by atoms with van der Waals surface area (Å²) in [5.41, 5.74) is 6.24. The Hall–Kier alpha value is -3.43. The highest BCUT2D eigenvalue weighted by Gasteiger charge is 2.29. The van der Waals surface area contributed by atoms with Gasteiger partial charge in [-0.05, 0) is 79.3 Å². The summed E-state index contributed by atoms with van der Waals surface area (Å²) in [7, 11) is 1.64. The molecular formula is C29H32N4O2. The topological polar surface area (TPSA) is 71.1 Å². The van der Waals surface area contributed by atoms with Crippen molar-refractivity contribution in [3.63, 3.8) is 0 Å². The van der Waals surface area contributed by atoms with Crippen molar-refractivity contribution in [1.29, 1.82) is 0 Å². The lowest BCUT2D eigenvalue weighted by atomic mass is 9.77. The molecule has 1 aromatic heterocycles. The minimum Gasteiger partial charge on any atom is -0.377 e. The van der Waals surface area contributed by atoms with E-state index in [9.17, 15) is 4.79 Å². The second kappa shape index (κ2) is 10.1. The summed E-state index contributed by atoms with van der Waals surface area (Å²) in [6, 6.07) is 12.5. The van der Waals surface area contributed by atoms with E-state index in [4.69, 9.17) is 11.2 Å². The molecule has 5 rings (SSSR count). The number of amides is 1. The van der Waals surface area contributed by atoms with Crippen LogP contribution in [0.3, 0.4) is 0 Å². The standard InChI is InChI=1S/C29H32N4O2/c1-4-20-8-10-21(11-9-20)22-12-14-33(15-13-22)29(34)24-17-26(28-30-27(18-35-3)31-32-28)25(16-19(24)2)23-6-5-7-23/h1,8-11,16-17,22-23H,5-7,12-15,18H2,2-3H3,(H,30,31,32). The molecule has 1 aliphatic heterocycles. The van der Waals surface area contributed by atoms with Gasteiger partial charge in [0, 0.05) is 36.9 Å². The first-order valence-electron chi connectivity index (χ1n) is 12.5. The van der Waals surface area contributed by atoms with Crippen LogP contribution in [0.25, 0.3) is 11.4 Å². The Bertz CT molecular complexity index is 1240. The van der Waals surface area contributed by atoms with Crippen molar-refractivity contribution in [2.24, 2.45) is 0 Å². The third kappa shape index (κ3) is 4.74. The van der Waals surface area contributed by atoms with Gasteiger partial charge in [0.25, 0.3) is 5.91 Å². The van der Waals surface area contributed by atoms with Gasteiger partial charge in [0.05, 0.1) is 0 Å². The maximum Gasteiger partial charge on any atom is 0.254 e. The van der Waals surface area contributed by atoms with Crippen LogP contribution < -0.4 is 0 Å². The Morgan fingerprint density at radius 1 is 1.11 bits per heavy atom. The highest BCUT2D eigenvalue weighted by Crippen LogP contribution is 2.42. The van der Waals surface area contributed by atoms with E-state index < -0.39 is 0 Å². The molecule has 0 spiro atoms. The number of carbonyl (C=O) groups is 1. The normalized spacial score (nSPS) is 16.7. The monoisotopic (exact) mass is 468 g/mol. The highest BCUT2D eigenvalue weighted by molar-refractivity contribution is 5.97. The summed E-state index contributed by atoms with van der Waals surface area (Å²) in [6.07, 6.45) is 11.0. The minimum atomic E-state index is 0.0988. The van der Waals surface area contributed by atoms with E-state index in [1.165, 1.54) is 30.4 Å². The largest absolute Gasteiger partial charge is 0.377 e. The van der Waals surface area contributed by atoms with Gasteiger partial charge in [0.1, 0.15) is 6.61 Å². The van der Waals surface area contributed by atoms with Crippen LogP contribution >= 0.6 is 0 Å². The number of aromatic nitrogens is 3. The fourth-order valence-corrected chi connectivity index (χ4v) is 5.28. The SMILES string of the molecule is C#Cc1ccc(C2CCN(C(=O)c3cc(-c4nnc(COC)[nH]4)c(C4CCC4)cc3C)CC2)cc1. The molecule has 6 nitrogen and oxygen atoms in total. The molecule has 1 saturated carbocycles. The van der Waals surface area contributed by atoms with Gasteiger partial charge in [-0.15, -0.1) is 16.6 Å².